The van der Waals surface area contributed by atoms with Crippen molar-refractivity contribution in [2.45, 2.75) is 39.5 Å². The van der Waals surface area contributed by atoms with E-state index in [1.54, 1.807) is 7.11 Å². The fraction of sp³-hybridized carbons (Fsp3) is 0.857. The molecule has 0 fully saturated rings. The number of hydrogen-bond donors (Lipinski definition) is 1. The van der Waals surface area contributed by atoms with Crippen LogP contribution in [-0.2, 0) is 15.9 Å². The Labute approximate surface area is 121 Å². The predicted molar refractivity (Wildman–Crippen MR) is 76.6 cm³/mol. The Hall–Kier alpha value is -0.980. The summed E-state index contributed by atoms with van der Waals surface area (Å²) >= 11 is 0. The van der Waals surface area contributed by atoms with Crippen LogP contribution in [0, 0.1) is 5.41 Å². The summed E-state index contributed by atoms with van der Waals surface area (Å²) in [4.78, 5) is 4.41. The van der Waals surface area contributed by atoms with Crippen molar-refractivity contribution in [2.24, 2.45) is 11.1 Å². The van der Waals surface area contributed by atoms with Gasteiger partial charge in [0.05, 0.1) is 25.7 Å². The average Bonchev–Trinajstić information content (AvgIpc) is 2.83. The number of ether oxygens (including phenoxy) is 2. The van der Waals surface area contributed by atoms with Gasteiger partial charge in [0.15, 0.2) is 5.82 Å². The fourth-order valence-electron chi connectivity index (χ4n) is 1.95. The van der Waals surface area contributed by atoms with E-state index in [1.807, 2.05) is 0 Å². The summed E-state index contributed by atoms with van der Waals surface area (Å²) in [6.45, 7) is 8.79. The smallest absolute Gasteiger partial charge is 0.231 e. The van der Waals surface area contributed by atoms with Crippen LogP contribution < -0.4 is 5.73 Å². The molecule has 0 saturated heterocycles. The highest BCUT2D eigenvalue weighted by Crippen LogP contribution is 2.29. The zero-order valence-corrected chi connectivity index (χ0v) is 13.0. The van der Waals surface area contributed by atoms with Gasteiger partial charge in [0.25, 0.3) is 0 Å². The van der Waals surface area contributed by atoms with E-state index in [1.165, 1.54) is 0 Å². The molecule has 0 amide bonds. The third-order valence-electron chi connectivity index (χ3n) is 2.88. The van der Waals surface area contributed by atoms with Crippen molar-refractivity contribution < 1.29 is 14.0 Å². The van der Waals surface area contributed by atoms with Crippen LogP contribution in [0.15, 0.2) is 4.52 Å². The van der Waals surface area contributed by atoms with Crippen LogP contribution in [0.25, 0.3) is 0 Å². The molecule has 6 heteroatoms. The molecule has 0 bridgehead atoms. The van der Waals surface area contributed by atoms with Gasteiger partial charge in [-0.1, -0.05) is 25.9 Å². The van der Waals surface area contributed by atoms with Crippen LogP contribution >= 0.6 is 0 Å². The van der Waals surface area contributed by atoms with E-state index in [0.29, 0.717) is 44.5 Å². The van der Waals surface area contributed by atoms with E-state index >= 15 is 0 Å². The fourth-order valence-corrected chi connectivity index (χ4v) is 1.95. The minimum Gasteiger partial charge on any atom is -0.382 e. The maximum Gasteiger partial charge on any atom is 0.231 e. The SMILES string of the molecule is COCCOCCc1noc(C(CN)CC(C)(C)C)n1. The second kappa shape index (κ2) is 8.34. The zero-order chi connectivity index (χ0) is 15.0. The lowest BCUT2D eigenvalue weighted by molar-refractivity contribution is 0.0714. The van der Waals surface area contributed by atoms with Crippen molar-refractivity contribution in [1.29, 1.82) is 0 Å². The van der Waals surface area contributed by atoms with Gasteiger partial charge in [-0.05, 0) is 11.8 Å². The highest BCUT2D eigenvalue weighted by Gasteiger charge is 2.23. The van der Waals surface area contributed by atoms with Crippen molar-refractivity contribution in [3.8, 4) is 0 Å². The first-order valence-electron chi connectivity index (χ1n) is 7.05. The molecule has 1 unspecified atom stereocenters. The molecule has 1 aromatic heterocycles. The Kier molecular flexibility index (Phi) is 7.12. The van der Waals surface area contributed by atoms with Gasteiger partial charge in [-0.25, -0.2) is 0 Å². The van der Waals surface area contributed by atoms with Gasteiger partial charge in [0.2, 0.25) is 5.89 Å². The Balaban J connectivity index is 2.44. The van der Waals surface area contributed by atoms with E-state index in [4.69, 9.17) is 19.7 Å². The Bertz CT molecular complexity index is 374. The minimum absolute atomic E-state index is 0.116. The zero-order valence-electron chi connectivity index (χ0n) is 13.0. The van der Waals surface area contributed by atoms with Crippen LogP contribution in [0.5, 0.6) is 0 Å². The Morgan fingerprint density at radius 3 is 2.60 bits per heavy atom. The molecule has 0 aliphatic rings. The lowest BCUT2D eigenvalue weighted by Crippen LogP contribution is -2.19. The summed E-state index contributed by atoms with van der Waals surface area (Å²) < 4.78 is 15.6. The standard InChI is InChI=1S/C14H27N3O3/c1-14(2,3)9-11(10-15)13-16-12(17-20-13)5-6-19-8-7-18-4/h11H,5-10,15H2,1-4H3. The van der Waals surface area contributed by atoms with Gasteiger partial charge in [-0.2, -0.15) is 4.98 Å². The van der Waals surface area contributed by atoms with Crippen molar-refractivity contribution in [1.82, 2.24) is 10.1 Å². The highest BCUT2D eigenvalue weighted by atomic mass is 16.5. The molecule has 1 aromatic rings. The molecule has 2 N–H and O–H groups in total. The summed E-state index contributed by atoms with van der Waals surface area (Å²) in [5, 5.41) is 3.98. The van der Waals surface area contributed by atoms with E-state index in [0.717, 1.165) is 6.42 Å². The number of rotatable bonds is 9. The summed E-state index contributed by atoms with van der Waals surface area (Å²) in [5.74, 6) is 1.42. The molecule has 0 saturated carbocycles. The maximum absolute atomic E-state index is 5.81. The first-order chi connectivity index (χ1) is 9.46. The maximum atomic E-state index is 5.81. The van der Waals surface area contributed by atoms with E-state index in [-0.39, 0.29) is 11.3 Å². The first kappa shape index (κ1) is 17.1. The van der Waals surface area contributed by atoms with Crippen LogP contribution in [-0.4, -0.2) is 43.6 Å². The van der Waals surface area contributed by atoms with Crippen LogP contribution in [0.4, 0.5) is 0 Å². The monoisotopic (exact) mass is 285 g/mol. The minimum atomic E-state index is 0.116. The summed E-state index contributed by atoms with van der Waals surface area (Å²) in [6.07, 6.45) is 1.56. The van der Waals surface area contributed by atoms with Crippen molar-refractivity contribution in [3.63, 3.8) is 0 Å². The Morgan fingerprint density at radius 1 is 1.25 bits per heavy atom. The predicted octanol–water partition coefficient (Wildman–Crippen LogP) is 1.75. The van der Waals surface area contributed by atoms with Gasteiger partial charge in [-0.3, -0.25) is 0 Å². The number of nitrogens with two attached hydrogens (primary N) is 1. The molecule has 1 rings (SSSR count). The van der Waals surface area contributed by atoms with E-state index in [9.17, 15) is 0 Å². The molecule has 0 spiro atoms. The summed E-state index contributed by atoms with van der Waals surface area (Å²) in [7, 11) is 1.65. The molecule has 0 aromatic carbocycles. The van der Waals surface area contributed by atoms with Gasteiger partial charge < -0.3 is 19.7 Å². The van der Waals surface area contributed by atoms with Gasteiger partial charge in [0, 0.05) is 20.1 Å². The van der Waals surface area contributed by atoms with Crippen molar-refractivity contribution in [2.75, 3.05) is 33.5 Å². The first-order valence-corrected chi connectivity index (χ1v) is 7.05. The normalized spacial score (nSPS) is 13.7. The van der Waals surface area contributed by atoms with E-state index < -0.39 is 0 Å². The summed E-state index contributed by atoms with van der Waals surface area (Å²) in [6, 6.07) is 0. The van der Waals surface area contributed by atoms with Crippen LogP contribution in [0.1, 0.15) is 44.8 Å². The third kappa shape index (κ3) is 6.45. The topological polar surface area (TPSA) is 83.4 Å². The molecular weight excluding hydrogens is 258 g/mol. The highest BCUT2D eigenvalue weighted by molar-refractivity contribution is 4.96. The summed E-state index contributed by atoms with van der Waals surface area (Å²) in [5.41, 5.74) is 5.99. The van der Waals surface area contributed by atoms with E-state index in [2.05, 4.69) is 30.9 Å². The second-order valence-corrected chi connectivity index (χ2v) is 6.10. The van der Waals surface area contributed by atoms with Crippen LogP contribution in [0.3, 0.4) is 0 Å². The Morgan fingerprint density at radius 2 is 2.00 bits per heavy atom. The van der Waals surface area contributed by atoms with Gasteiger partial charge >= 0.3 is 0 Å². The molecule has 116 valence electrons. The molecule has 1 atom stereocenters. The average molecular weight is 285 g/mol. The van der Waals surface area contributed by atoms with Crippen molar-refractivity contribution in [3.05, 3.63) is 11.7 Å². The number of nitrogens with zero attached hydrogens (tertiary/aromatic N) is 2. The van der Waals surface area contributed by atoms with Gasteiger partial charge in [-0.15, -0.1) is 0 Å². The van der Waals surface area contributed by atoms with Crippen molar-refractivity contribution >= 4 is 0 Å². The molecule has 20 heavy (non-hydrogen) atoms. The second-order valence-electron chi connectivity index (χ2n) is 6.10. The van der Waals surface area contributed by atoms with Gasteiger partial charge in [0.1, 0.15) is 0 Å². The molecule has 0 aliphatic heterocycles. The molecule has 0 aliphatic carbocycles. The lowest BCUT2D eigenvalue weighted by atomic mass is 9.84. The number of hydrogen-bond acceptors (Lipinski definition) is 6. The quantitative estimate of drug-likeness (QED) is 0.696. The largest absolute Gasteiger partial charge is 0.382 e. The number of methoxy groups -OCH3 is 1. The van der Waals surface area contributed by atoms with Crippen LogP contribution in [0.2, 0.25) is 0 Å². The third-order valence-corrected chi connectivity index (χ3v) is 2.88. The molecular formula is C14H27N3O3. The lowest BCUT2D eigenvalue weighted by Gasteiger charge is -2.22. The molecule has 0 radical (unpaired) electrons. The number of aromatic nitrogens is 2. The molecule has 6 nitrogen and oxygen atoms in total. The molecule has 1 heterocycles.